The lowest BCUT2D eigenvalue weighted by molar-refractivity contribution is 0.646. The molecule has 0 unspecified atom stereocenters. The Balaban J connectivity index is 0.00000210. The van der Waals surface area contributed by atoms with Gasteiger partial charge in [-0.15, -0.1) is 24.0 Å². The Kier molecular flexibility index (Phi) is 6.31. The zero-order valence-corrected chi connectivity index (χ0v) is 17.8. The van der Waals surface area contributed by atoms with Crippen molar-refractivity contribution in [3.05, 3.63) is 78.0 Å². The first-order valence-corrected chi connectivity index (χ1v) is 9.13. The molecule has 0 aliphatic heterocycles. The van der Waals surface area contributed by atoms with E-state index in [9.17, 15) is 0 Å². The summed E-state index contributed by atoms with van der Waals surface area (Å²) in [6, 6.07) is 21.1. The third kappa shape index (κ3) is 4.40. The van der Waals surface area contributed by atoms with E-state index in [4.69, 9.17) is 0 Å². The van der Waals surface area contributed by atoms with Gasteiger partial charge in [0.05, 0.1) is 5.52 Å². The Morgan fingerprint density at radius 2 is 1.78 bits per heavy atom. The van der Waals surface area contributed by atoms with E-state index in [0.717, 1.165) is 23.4 Å². The van der Waals surface area contributed by atoms with Gasteiger partial charge in [0.25, 0.3) is 0 Å². The predicted molar refractivity (Wildman–Crippen MR) is 123 cm³/mol. The fourth-order valence-electron chi connectivity index (χ4n) is 3.47. The second-order valence-corrected chi connectivity index (χ2v) is 6.92. The molecule has 0 amide bonds. The molecule has 4 rings (SSSR count). The summed E-state index contributed by atoms with van der Waals surface area (Å²) in [5.41, 5.74) is 3.90. The number of hydrogen-bond acceptors (Lipinski definition) is 2. The van der Waals surface area contributed by atoms with Crippen molar-refractivity contribution in [1.82, 2.24) is 15.6 Å². The minimum Gasteiger partial charge on any atom is -0.356 e. The number of rotatable bonds is 5. The fourth-order valence-corrected chi connectivity index (χ4v) is 3.47. The summed E-state index contributed by atoms with van der Waals surface area (Å²) in [6.45, 7) is 1.61. The molecular weight excluding hydrogens is 447 g/mol. The SMILES string of the molecule is CN=C(NCc1cccc2cccnc12)NCC1(c2ccccc2)CC1.I. The van der Waals surface area contributed by atoms with Gasteiger partial charge < -0.3 is 10.6 Å². The Morgan fingerprint density at radius 3 is 2.52 bits per heavy atom. The van der Waals surface area contributed by atoms with Gasteiger partial charge in [-0.25, -0.2) is 0 Å². The highest BCUT2D eigenvalue weighted by Gasteiger charge is 2.43. The number of hydrogen-bond donors (Lipinski definition) is 2. The van der Waals surface area contributed by atoms with E-state index in [1.54, 1.807) is 0 Å². The number of fused-ring (bicyclic) bond motifs is 1. The van der Waals surface area contributed by atoms with Gasteiger partial charge in [0.15, 0.2) is 5.96 Å². The zero-order chi connectivity index (χ0) is 17.8. The van der Waals surface area contributed by atoms with Gasteiger partial charge in [0.2, 0.25) is 0 Å². The monoisotopic (exact) mass is 472 g/mol. The van der Waals surface area contributed by atoms with Gasteiger partial charge in [-0.3, -0.25) is 9.98 Å². The summed E-state index contributed by atoms with van der Waals surface area (Å²) >= 11 is 0. The zero-order valence-electron chi connectivity index (χ0n) is 15.5. The first kappa shape index (κ1) is 19.6. The third-order valence-electron chi connectivity index (χ3n) is 5.22. The lowest BCUT2D eigenvalue weighted by atomic mass is 9.96. The average Bonchev–Trinajstić information content (AvgIpc) is 3.50. The van der Waals surface area contributed by atoms with E-state index in [-0.39, 0.29) is 29.4 Å². The van der Waals surface area contributed by atoms with Crippen molar-refractivity contribution >= 4 is 40.8 Å². The van der Waals surface area contributed by atoms with Gasteiger partial charge in [0.1, 0.15) is 0 Å². The molecule has 1 aliphatic carbocycles. The van der Waals surface area contributed by atoms with Crippen LogP contribution in [0.15, 0.2) is 71.9 Å². The number of para-hydroxylation sites is 1. The Bertz CT molecular complexity index is 915. The van der Waals surface area contributed by atoms with Crippen molar-refractivity contribution < 1.29 is 0 Å². The van der Waals surface area contributed by atoms with Crippen LogP contribution >= 0.6 is 24.0 Å². The van der Waals surface area contributed by atoms with Crippen LogP contribution in [-0.2, 0) is 12.0 Å². The molecule has 1 fully saturated rings. The van der Waals surface area contributed by atoms with Crippen LogP contribution in [0.5, 0.6) is 0 Å². The summed E-state index contributed by atoms with van der Waals surface area (Å²) in [5.74, 6) is 0.833. The van der Waals surface area contributed by atoms with Crippen molar-refractivity contribution in [3.63, 3.8) is 0 Å². The van der Waals surface area contributed by atoms with E-state index in [2.05, 4.69) is 75.2 Å². The molecular formula is C22H25IN4. The van der Waals surface area contributed by atoms with E-state index in [0.29, 0.717) is 6.54 Å². The Morgan fingerprint density at radius 1 is 1.00 bits per heavy atom. The van der Waals surface area contributed by atoms with Crippen LogP contribution in [-0.4, -0.2) is 24.5 Å². The van der Waals surface area contributed by atoms with Crippen LogP contribution < -0.4 is 10.6 Å². The molecule has 1 heterocycles. The van der Waals surface area contributed by atoms with Gasteiger partial charge in [0, 0.05) is 37.1 Å². The maximum Gasteiger partial charge on any atom is 0.191 e. The van der Waals surface area contributed by atoms with Crippen LogP contribution in [0.4, 0.5) is 0 Å². The molecule has 1 aliphatic rings. The summed E-state index contributed by atoms with van der Waals surface area (Å²) in [5, 5.41) is 8.10. The van der Waals surface area contributed by atoms with Gasteiger partial charge in [-0.05, 0) is 30.0 Å². The first-order valence-electron chi connectivity index (χ1n) is 9.13. The Labute approximate surface area is 177 Å². The van der Waals surface area contributed by atoms with Crippen LogP contribution in [0.2, 0.25) is 0 Å². The molecule has 5 heteroatoms. The first-order chi connectivity index (χ1) is 12.8. The van der Waals surface area contributed by atoms with Crippen molar-refractivity contribution in [2.24, 2.45) is 4.99 Å². The number of pyridine rings is 1. The summed E-state index contributed by atoms with van der Waals surface area (Å²) in [7, 11) is 1.82. The van der Waals surface area contributed by atoms with Crippen LogP contribution in [0.25, 0.3) is 10.9 Å². The number of aliphatic imine (C=N–C) groups is 1. The molecule has 0 spiro atoms. The van der Waals surface area contributed by atoms with Gasteiger partial charge in [-0.2, -0.15) is 0 Å². The highest BCUT2D eigenvalue weighted by atomic mass is 127. The minimum absolute atomic E-state index is 0. The molecule has 0 saturated heterocycles. The highest BCUT2D eigenvalue weighted by Crippen LogP contribution is 2.47. The summed E-state index contributed by atoms with van der Waals surface area (Å²) < 4.78 is 0. The van der Waals surface area contributed by atoms with Crippen LogP contribution in [0.1, 0.15) is 24.0 Å². The number of benzene rings is 2. The second kappa shape index (κ2) is 8.69. The van der Waals surface area contributed by atoms with Crippen LogP contribution in [0.3, 0.4) is 0 Å². The van der Waals surface area contributed by atoms with Crippen molar-refractivity contribution in [2.75, 3.05) is 13.6 Å². The maximum absolute atomic E-state index is 4.52. The standard InChI is InChI=1S/C22H24N4.HI/c1-23-21(26-16-22(12-13-22)19-10-3-2-4-11-19)25-15-18-8-5-7-17-9-6-14-24-20(17)18;/h2-11,14H,12-13,15-16H2,1H3,(H2,23,25,26);1H. The molecule has 2 aromatic carbocycles. The van der Waals surface area contributed by atoms with Crippen molar-refractivity contribution in [3.8, 4) is 0 Å². The van der Waals surface area contributed by atoms with Crippen LogP contribution in [0, 0.1) is 0 Å². The molecule has 0 radical (unpaired) electrons. The molecule has 3 aromatic rings. The minimum atomic E-state index is 0. The smallest absolute Gasteiger partial charge is 0.191 e. The fraction of sp³-hybridized carbons (Fsp3) is 0.273. The summed E-state index contributed by atoms with van der Waals surface area (Å²) in [4.78, 5) is 8.90. The molecule has 0 atom stereocenters. The Hall–Kier alpha value is -2.15. The van der Waals surface area contributed by atoms with E-state index in [1.807, 2.05) is 19.3 Å². The molecule has 0 bridgehead atoms. The van der Waals surface area contributed by atoms with E-state index >= 15 is 0 Å². The number of nitrogens with zero attached hydrogens (tertiary/aromatic N) is 2. The molecule has 27 heavy (non-hydrogen) atoms. The molecule has 1 aromatic heterocycles. The highest BCUT2D eigenvalue weighted by molar-refractivity contribution is 14.0. The summed E-state index contributed by atoms with van der Waals surface area (Å²) in [6.07, 6.45) is 4.30. The quantitative estimate of drug-likeness (QED) is 0.332. The molecule has 2 N–H and O–H groups in total. The lowest BCUT2D eigenvalue weighted by Crippen LogP contribution is -2.40. The van der Waals surface area contributed by atoms with E-state index in [1.165, 1.54) is 24.0 Å². The number of halogens is 1. The van der Waals surface area contributed by atoms with E-state index < -0.39 is 0 Å². The third-order valence-corrected chi connectivity index (χ3v) is 5.22. The molecule has 1 saturated carbocycles. The maximum atomic E-state index is 4.52. The molecule has 140 valence electrons. The topological polar surface area (TPSA) is 49.3 Å². The molecule has 4 nitrogen and oxygen atoms in total. The van der Waals surface area contributed by atoms with Crippen molar-refractivity contribution in [1.29, 1.82) is 0 Å². The average molecular weight is 472 g/mol. The van der Waals surface area contributed by atoms with Crippen molar-refractivity contribution in [2.45, 2.75) is 24.8 Å². The van der Waals surface area contributed by atoms with Gasteiger partial charge in [-0.1, -0.05) is 54.6 Å². The normalized spacial score (nSPS) is 15.1. The number of nitrogens with one attached hydrogen (secondary N) is 2. The number of aromatic nitrogens is 1. The van der Waals surface area contributed by atoms with Gasteiger partial charge >= 0.3 is 0 Å². The lowest BCUT2D eigenvalue weighted by Gasteiger charge is -2.19. The largest absolute Gasteiger partial charge is 0.356 e. The second-order valence-electron chi connectivity index (χ2n) is 6.92. The number of guanidine groups is 1. The predicted octanol–water partition coefficient (Wildman–Crippen LogP) is 4.25.